The number of amides is 1. The van der Waals surface area contributed by atoms with Crippen LogP contribution in [0.2, 0.25) is 0 Å². The highest BCUT2D eigenvalue weighted by Gasteiger charge is 2.15. The number of para-hydroxylation sites is 1. The lowest BCUT2D eigenvalue weighted by atomic mass is 10.0. The number of nitrogens with zero attached hydrogens (tertiary/aromatic N) is 2. The molecule has 0 saturated heterocycles. The normalized spacial score (nSPS) is 13.6. The minimum absolute atomic E-state index is 0.114. The number of benzene rings is 2. The molecule has 0 fully saturated rings. The Morgan fingerprint density at radius 2 is 1.88 bits per heavy atom. The van der Waals surface area contributed by atoms with Crippen LogP contribution in [0.1, 0.15) is 25.0 Å². The van der Waals surface area contributed by atoms with Gasteiger partial charge in [0.05, 0.1) is 17.8 Å². The summed E-state index contributed by atoms with van der Waals surface area (Å²) in [7, 11) is 0. The highest BCUT2D eigenvalue weighted by molar-refractivity contribution is 5.82. The SMILES string of the molecule is CC(CC(O)c1ccccc1)NC(=O)Cn1ncc2ccccc21. The summed E-state index contributed by atoms with van der Waals surface area (Å²) in [5.74, 6) is -0.114. The van der Waals surface area contributed by atoms with Crippen molar-refractivity contribution in [3.8, 4) is 0 Å². The summed E-state index contributed by atoms with van der Waals surface area (Å²) in [6.45, 7) is 2.06. The van der Waals surface area contributed by atoms with E-state index in [2.05, 4.69) is 10.4 Å². The van der Waals surface area contributed by atoms with E-state index < -0.39 is 6.10 Å². The number of aliphatic hydroxyl groups excluding tert-OH is 1. The summed E-state index contributed by atoms with van der Waals surface area (Å²) in [5.41, 5.74) is 1.79. The van der Waals surface area contributed by atoms with E-state index >= 15 is 0 Å². The minimum atomic E-state index is -0.591. The van der Waals surface area contributed by atoms with Gasteiger partial charge in [0, 0.05) is 11.4 Å². The molecule has 1 aromatic heterocycles. The fourth-order valence-electron chi connectivity index (χ4n) is 2.81. The van der Waals surface area contributed by atoms with Crippen LogP contribution in [0.15, 0.2) is 60.8 Å². The maximum atomic E-state index is 12.2. The van der Waals surface area contributed by atoms with Gasteiger partial charge in [0.2, 0.25) is 5.91 Å². The highest BCUT2D eigenvalue weighted by atomic mass is 16.3. The third-order valence-electron chi connectivity index (χ3n) is 4.01. The molecule has 2 N–H and O–H groups in total. The number of aliphatic hydroxyl groups is 1. The van der Waals surface area contributed by atoms with Gasteiger partial charge in [-0.2, -0.15) is 5.10 Å². The Labute approximate surface area is 140 Å². The monoisotopic (exact) mass is 323 g/mol. The van der Waals surface area contributed by atoms with Crippen LogP contribution in [-0.4, -0.2) is 26.8 Å². The Kier molecular flexibility index (Phi) is 4.91. The number of carbonyl (C=O) groups excluding carboxylic acids is 1. The number of fused-ring (bicyclic) bond motifs is 1. The third-order valence-corrected chi connectivity index (χ3v) is 4.01. The molecule has 0 spiro atoms. The summed E-state index contributed by atoms with van der Waals surface area (Å²) in [6, 6.07) is 17.1. The zero-order chi connectivity index (χ0) is 16.9. The molecule has 3 aromatic rings. The van der Waals surface area contributed by atoms with Gasteiger partial charge in [-0.05, 0) is 25.0 Å². The van der Waals surface area contributed by atoms with Crippen molar-refractivity contribution in [1.29, 1.82) is 0 Å². The second kappa shape index (κ2) is 7.27. The van der Waals surface area contributed by atoms with E-state index in [1.54, 1.807) is 10.9 Å². The van der Waals surface area contributed by atoms with Crippen molar-refractivity contribution in [2.24, 2.45) is 0 Å². The minimum Gasteiger partial charge on any atom is -0.388 e. The molecule has 0 radical (unpaired) electrons. The topological polar surface area (TPSA) is 67.2 Å². The van der Waals surface area contributed by atoms with Crippen LogP contribution in [0.25, 0.3) is 10.9 Å². The van der Waals surface area contributed by atoms with Gasteiger partial charge in [-0.25, -0.2) is 0 Å². The molecule has 1 heterocycles. The van der Waals surface area contributed by atoms with Gasteiger partial charge in [0.25, 0.3) is 0 Å². The summed E-state index contributed by atoms with van der Waals surface area (Å²) >= 11 is 0. The quantitative estimate of drug-likeness (QED) is 0.733. The second-order valence-corrected chi connectivity index (χ2v) is 5.99. The van der Waals surface area contributed by atoms with E-state index in [1.807, 2.05) is 61.5 Å². The number of aromatic nitrogens is 2. The Balaban J connectivity index is 1.56. The molecule has 0 aliphatic heterocycles. The standard InChI is InChI=1S/C19H21N3O2/c1-14(11-18(23)15-7-3-2-4-8-15)21-19(24)13-22-17-10-6-5-9-16(17)12-20-22/h2-10,12,14,18,23H,11,13H2,1H3,(H,21,24). The van der Waals surface area contributed by atoms with Crippen molar-refractivity contribution in [3.05, 3.63) is 66.4 Å². The van der Waals surface area contributed by atoms with Gasteiger partial charge in [0.15, 0.2) is 0 Å². The zero-order valence-corrected chi connectivity index (χ0v) is 13.6. The average Bonchev–Trinajstić information content (AvgIpc) is 2.98. The molecule has 0 bridgehead atoms. The molecule has 5 nitrogen and oxygen atoms in total. The lowest BCUT2D eigenvalue weighted by Gasteiger charge is -2.18. The molecule has 0 saturated carbocycles. The van der Waals surface area contributed by atoms with Crippen molar-refractivity contribution in [3.63, 3.8) is 0 Å². The first kappa shape index (κ1) is 16.2. The molecule has 2 unspecified atom stereocenters. The van der Waals surface area contributed by atoms with E-state index in [0.717, 1.165) is 16.5 Å². The summed E-state index contributed by atoms with van der Waals surface area (Å²) < 4.78 is 1.69. The Morgan fingerprint density at radius 1 is 1.17 bits per heavy atom. The molecule has 3 rings (SSSR count). The molecule has 24 heavy (non-hydrogen) atoms. The van der Waals surface area contributed by atoms with Crippen molar-refractivity contribution in [2.75, 3.05) is 0 Å². The Morgan fingerprint density at radius 3 is 2.67 bits per heavy atom. The van der Waals surface area contributed by atoms with Gasteiger partial charge in [-0.1, -0.05) is 48.5 Å². The van der Waals surface area contributed by atoms with E-state index in [9.17, 15) is 9.90 Å². The van der Waals surface area contributed by atoms with Crippen LogP contribution in [0.5, 0.6) is 0 Å². The number of hydrogen-bond acceptors (Lipinski definition) is 3. The fourth-order valence-corrected chi connectivity index (χ4v) is 2.81. The van der Waals surface area contributed by atoms with Crippen LogP contribution in [0.3, 0.4) is 0 Å². The molecular weight excluding hydrogens is 302 g/mol. The van der Waals surface area contributed by atoms with Gasteiger partial charge >= 0.3 is 0 Å². The first-order valence-electron chi connectivity index (χ1n) is 8.06. The maximum absolute atomic E-state index is 12.2. The van der Waals surface area contributed by atoms with Crippen molar-refractivity contribution < 1.29 is 9.90 Å². The van der Waals surface area contributed by atoms with Gasteiger partial charge in [0.1, 0.15) is 6.54 Å². The predicted molar refractivity (Wildman–Crippen MR) is 93.4 cm³/mol. The molecule has 0 aliphatic carbocycles. The van der Waals surface area contributed by atoms with Crippen LogP contribution < -0.4 is 5.32 Å². The van der Waals surface area contributed by atoms with Crippen molar-refractivity contribution in [1.82, 2.24) is 15.1 Å². The number of hydrogen-bond donors (Lipinski definition) is 2. The van der Waals surface area contributed by atoms with E-state index in [0.29, 0.717) is 6.42 Å². The van der Waals surface area contributed by atoms with E-state index in [-0.39, 0.29) is 18.5 Å². The summed E-state index contributed by atoms with van der Waals surface area (Å²) in [4.78, 5) is 12.2. The number of carbonyl (C=O) groups is 1. The van der Waals surface area contributed by atoms with Gasteiger partial charge in [-0.3, -0.25) is 9.48 Å². The third kappa shape index (κ3) is 3.81. The molecule has 2 atom stereocenters. The molecule has 0 aliphatic rings. The smallest absolute Gasteiger partial charge is 0.241 e. The van der Waals surface area contributed by atoms with Gasteiger partial charge < -0.3 is 10.4 Å². The molecular formula is C19H21N3O2. The molecule has 2 aromatic carbocycles. The molecule has 5 heteroatoms. The molecule has 124 valence electrons. The largest absolute Gasteiger partial charge is 0.388 e. The number of nitrogens with one attached hydrogen (secondary N) is 1. The van der Waals surface area contributed by atoms with E-state index in [4.69, 9.17) is 0 Å². The Bertz CT molecular complexity index is 814. The second-order valence-electron chi connectivity index (χ2n) is 5.99. The zero-order valence-electron chi connectivity index (χ0n) is 13.6. The predicted octanol–water partition coefficient (Wildman–Crippen LogP) is 2.66. The van der Waals surface area contributed by atoms with Crippen LogP contribution in [0.4, 0.5) is 0 Å². The van der Waals surface area contributed by atoms with Crippen LogP contribution >= 0.6 is 0 Å². The lowest BCUT2D eigenvalue weighted by molar-refractivity contribution is -0.122. The summed E-state index contributed by atoms with van der Waals surface area (Å²) in [6.07, 6.45) is 1.63. The molecule has 1 amide bonds. The number of rotatable bonds is 6. The van der Waals surface area contributed by atoms with Crippen molar-refractivity contribution >= 4 is 16.8 Å². The first-order valence-corrected chi connectivity index (χ1v) is 8.06. The summed E-state index contributed by atoms with van der Waals surface area (Å²) in [5, 5.41) is 18.4. The van der Waals surface area contributed by atoms with Crippen molar-refractivity contribution in [2.45, 2.75) is 32.0 Å². The van der Waals surface area contributed by atoms with Crippen LogP contribution in [-0.2, 0) is 11.3 Å². The highest BCUT2D eigenvalue weighted by Crippen LogP contribution is 2.18. The van der Waals surface area contributed by atoms with Crippen LogP contribution in [0, 0.1) is 0 Å². The van der Waals surface area contributed by atoms with E-state index in [1.165, 1.54) is 0 Å². The lowest BCUT2D eigenvalue weighted by Crippen LogP contribution is -2.36. The Hall–Kier alpha value is -2.66. The fraction of sp³-hybridized carbons (Fsp3) is 0.263. The van der Waals surface area contributed by atoms with Gasteiger partial charge in [-0.15, -0.1) is 0 Å². The average molecular weight is 323 g/mol. The first-order chi connectivity index (χ1) is 11.6. The maximum Gasteiger partial charge on any atom is 0.241 e.